The van der Waals surface area contributed by atoms with Crippen LogP contribution in [-0.2, 0) is 4.79 Å². The number of nitrogens with zero attached hydrogens (tertiary/aromatic N) is 1. The molecule has 0 aromatic carbocycles. The van der Waals surface area contributed by atoms with E-state index in [1.165, 1.54) is 19.3 Å². The molecule has 1 unspecified atom stereocenters. The third kappa shape index (κ3) is 5.21. The van der Waals surface area contributed by atoms with Crippen LogP contribution < -0.4 is 0 Å². The Hall–Kier alpha value is -0.220. The molecule has 16 heavy (non-hydrogen) atoms. The molecule has 1 atom stereocenters. The Bertz CT molecular complexity index is 203. The molecule has 1 fully saturated rings. The van der Waals surface area contributed by atoms with E-state index in [1.807, 2.05) is 11.8 Å². The van der Waals surface area contributed by atoms with Crippen molar-refractivity contribution >= 4 is 17.7 Å². The molecule has 1 amide bonds. The Labute approximate surface area is 103 Å². The second-order valence-electron chi connectivity index (χ2n) is 4.45. The number of hydrogen-bond acceptors (Lipinski definition) is 3. The fourth-order valence-electron chi connectivity index (χ4n) is 1.85. The maximum atomic E-state index is 11.9. The molecule has 1 heterocycles. The lowest BCUT2D eigenvalue weighted by Crippen LogP contribution is -2.35. The Balaban J connectivity index is 2.27. The van der Waals surface area contributed by atoms with E-state index in [2.05, 4.69) is 0 Å². The van der Waals surface area contributed by atoms with Crippen LogP contribution in [0.25, 0.3) is 0 Å². The molecule has 0 aromatic heterocycles. The van der Waals surface area contributed by atoms with E-state index in [4.69, 9.17) is 5.11 Å². The van der Waals surface area contributed by atoms with Crippen molar-refractivity contribution in [2.75, 3.05) is 25.4 Å². The Morgan fingerprint density at radius 1 is 1.25 bits per heavy atom. The first-order valence-electron chi connectivity index (χ1n) is 6.24. The minimum absolute atomic E-state index is 0.151. The first kappa shape index (κ1) is 13.8. The molecule has 0 bridgehead atoms. The lowest BCUT2D eigenvalue weighted by atomic mass is 10.1. The number of carbonyl (C=O) groups excluding carboxylic acids is 1. The van der Waals surface area contributed by atoms with Crippen LogP contribution in [0.5, 0.6) is 0 Å². The first-order chi connectivity index (χ1) is 7.74. The Kier molecular flexibility index (Phi) is 6.88. The number of likely N-dealkylation sites (tertiary alicyclic amines) is 1. The Morgan fingerprint density at radius 2 is 1.81 bits per heavy atom. The second kappa shape index (κ2) is 7.96. The highest BCUT2D eigenvalue weighted by molar-refractivity contribution is 8.00. The number of aliphatic hydroxyl groups is 1. The third-order valence-electron chi connectivity index (χ3n) is 2.96. The molecule has 0 saturated carbocycles. The predicted molar refractivity (Wildman–Crippen MR) is 68.7 cm³/mol. The van der Waals surface area contributed by atoms with Crippen LogP contribution in [0.4, 0.5) is 0 Å². The molecule has 1 N–H and O–H groups in total. The highest BCUT2D eigenvalue weighted by Crippen LogP contribution is 2.14. The topological polar surface area (TPSA) is 40.5 Å². The van der Waals surface area contributed by atoms with Crippen molar-refractivity contribution in [3.63, 3.8) is 0 Å². The predicted octanol–water partition coefficient (Wildman–Crippen LogP) is 1.89. The molecule has 1 saturated heterocycles. The monoisotopic (exact) mass is 245 g/mol. The zero-order valence-electron chi connectivity index (χ0n) is 10.2. The van der Waals surface area contributed by atoms with Gasteiger partial charge in [0.25, 0.3) is 0 Å². The van der Waals surface area contributed by atoms with Gasteiger partial charge in [-0.2, -0.15) is 0 Å². The minimum Gasteiger partial charge on any atom is -0.395 e. The van der Waals surface area contributed by atoms with Gasteiger partial charge in [0.05, 0.1) is 12.4 Å². The van der Waals surface area contributed by atoms with Gasteiger partial charge in [0.15, 0.2) is 0 Å². The van der Waals surface area contributed by atoms with Crippen molar-refractivity contribution in [1.82, 2.24) is 4.90 Å². The van der Waals surface area contributed by atoms with Crippen LogP contribution >= 0.6 is 11.8 Å². The van der Waals surface area contributed by atoms with Gasteiger partial charge in [-0.25, -0.2) is 0 Å². The summed E-state index contributed by atoms with van der Waals surface area (Å²) in [7, 11) is 0. The highest BCUT2D eigenvalue weighted by atomic mass is 32.2. The summed E-state index contributed by atoms with van der Waals surface area (Å²) in [6.07, 6.45) is 6.12. The van der Waals surface area contributed by atoms with Gasteiger partial charge < -0.3 is 10.0 Å². The fraction of sp³-hybridized carbons (Fsp3) is 0.917. The summed E-state index contributed by atoms with van der Waals surface area (Å²) < 4.78 is 0. The van der Waals surface area contributed by atoms with Gasteiger partial charge in [-0.1, -0.05) is 26.2 Å². The average molecular weight is 245 g/mol. The zero-order chi connectivity index (χ0) is 11.8. The van der Waals surface area contributed by atoms with E-state index in [0.717, 1.165) is 25.9 Å². The molecule has 0 aliphatic carbocycles. The molecule has 0 aromatic rings. The summed E-state index contributed by atoms with van der Waals surface area (Å²) in [6, 6.07) is 0. The molecule has 94 valence electrons. The van der Waals surface area contributed by atoms with Crippen LogP contribution in [-0.4, -0.2) is 46.6 Å². The van der Waals surface area contributed by atoms with Crippen molar-refractivity contribution in [3.05, 3.63) is 0 Å². The average Bonchev–Trinajstić information content (AvgIpc) is 2.25. The van der Waals surface area contributed by atoms with Crippen LogP contribution in [0.15, 0.2) is 0 Å². The standard InChI is InChI=1S/C12H23NO2S/c1-11(9-14)16-10-12(15)13-7-5-3-2-4-6-8-13/h11,14H,2-10H2,1H3. The quantitative estimate of drug-likeness (QED) is 0.822. The van der Waals surface area contributed by atoms with E-state index >= 15 is 0 Å². The third-order valence-corrected chi connectivity index (χ3v) is 4.09. The highest BCUT2D eigenvalue weighted by Gasteiger charge is 2.15. The van der Waals surface area contributed by atoms with E-state index in [0.29, 0.717) is 5.75 Å². The zero-order valence-corrected chi connectivity index (χ0v) is 11.0. The van der Waals surface area contributed by atoms with Gasteiger partial charge in [-0.3, -0.25) is 4.79 Å². The summed E-state index contributed by atoms with van der Waals surface area (Å²) in [6.45, 7) is 3.95. The van der Waals surface area contributed by atoms with Crippen LogP contribution in [0.3, 0.4) is 0 Å². The van der Waals surface area contributed by atoms with E-state index in [9.17, 15) is 4.79 Å². The molecule has 0 radical (unpaired) electrons. The van der Waals surface area contributed by atoms with Crippen molar-refractivity contribution in [2.45, 2.75) is 44.3 Å². The number of thioether (sulfide) groups is 1. The lowest BCUT2D eigenvalue weighted by molar-refractivity contribution is -0.128. The lowest BCUT2D eigenvalue weighted by Gasteiger charge is -2.25. The maximum absolute atomic E-state index is 11.9. The van der Waals surface area contributed by atoms with Crippen molar-refractivity contribution in [2.24, 2.45) is 0 Å². The molecule has 4 heteroatoms. The summed E-state index contributed by atoms with van der Waals surface area (Å²) in [5.41, 5.74) is 0. The molecular formula is C12H23NO2S. The van der Waals surface area contributed by atoms with Crippen LogP contribution in [0.2, 0.25) is 0 Å². The van der Waals surface area contributed by atoms with E-state index in [1.54, 1.807) is 11.8 Å². The molecule has 1 aliphatic rings. The largest absolute Gasteiger partial charge is 0.395 e. The summed E-state index contributed by atoms with van der Waals surface area (Å²) in [5, 5.41) is 9.06. The van der Waals surface area contributed by atoms with Crippen LogP contribution in [0, 0.1) is 0 Å². The molecule has 3 nitrogen and oxygen atoms in total. The molecule has 1 aliphatic heterocycles. The first-order valence-corrected chi connectivity index (χ1v) is 7.29. The number of carbonyl (C=O) groups is 1. The molecule has 1 rings (SSSR count). The van der Waals surface area contributed by atoms with Gasteiger partial charge in [0.2, 0.25) is 5.91 Å². The van der Waals surface area contributed by atoms with Gasteiger partial charge in [-0.05, 0) is 12.8 Å². The number of hydrogen-bond donors (Lipinski definition) is 1. The normalized spacial score (nSPS) is 20.0. The Morgan fingerprint density at radius 3 is 2.38 bits per heavy atom. The fourth-order valence-corrected chi connectivity index (χ4v) is 2.57. The summed E-state index contributed by atoms with van der Waals surface area (Å²) >= 11 is 1.55. The van der Waals surface area contributed by atoms with Gasteiger partial charge in [0, 0.05) is 18.3 Å². The summed E-state index contributed by atoms with van der Waals surface area (Å²) in [4.78, 5) is 13.9. The SMILES string of the molecule is CC(CO)SCC(=O)N1CCCCCCC1. The second-order valence-corrected chi connectivity index (χ2v) is 5.88. The van der Waals surface area contributed by atoms with Crippen molar-refractivity contribution in [1.29, 1.82) is 0 Å². The molecule has 0 spiro atoms. The number of rotatable bonds is 4. The minimum atomic E-state index is 0.151. The van der Waals surface area contributed by atoms with Gasteiger partial charge >= 0.3 is 0 Å². The van der Waals surface area contributed by atoms with E-state index in [-0.39, 0.29) is 17.8 Å². The van der Waals surface area contributed by atoms with Gasteiger partial charge in [0.1, 0.15) is 0 Å². The van der Waals surface area contributed by atoms with Crippen molar-refractivity contribution in [3.8, 4) is 0 Å². The smallest absolute Gasteiger partial charge is 0.232 e. The van der Waals surface area contributed by atoms with Gasteiger partial charge in [-0.15, -0.1) is 11.8 Å². The number of aliphatic hydroxyl groups excluding tert-OH is 1. The maximum Gasteiger partial charge on any atom is 0.232 e. The van der Waals surface area contributed by atoms with E-state index < -0.39 is 0 Å². The summed E-state index contributed by atoms with van der Waals surface area (Å²) in [5.74, 6) is 0.758. The van der Waals surface area contributed by atoms with Crippen molar-refractivity contribution < 1.29 is 9.90 Å². The number of amides is 1. The molecular weight excluding hydrogens is 222 g/mol. The van der Waals surface area contributed by atoms with Crippen LogP contribution in [0.1, 0.15) is 39.0 Å².